The molecule has 1 saturated heterocycles. The van der Waals surface area contributed by atoms with Crippen LogP contribution in [0.1, 0.15) is 30.1 Å². The predicted molar refractivity (Wildman–Crippen MR) is 103 cm³/mol. The van der Waals surface area contributed by atoms with Crippen molar-refractivity contribution < 1.29 is 17.6 Å². The molecule has 0 radical (unpaired) electrons. The number of piperidine rings is 1. The van der Waals surface area contributed by atoms with Gasteiger partial charge in [-0.3, -0.25) is 9.52 Å². The summed E-state index contributed by atoms with van der Waals surface area (Å²) in [6, 6.07) is 8.99. The van der Waals surface area contributed by atoms with Crippen molar-refractivity contribution in [1.82, 2.24) is 4.90 Å². The third kappa shape index (κ3) is 4.59. The topological polar surface area (TPSA) is 66.5 Å². The van der Waals surface area contributed by atoms with E-state index >= 15 is 0 Å². The van der Waals surface area contributed by atoms with Gasteiger partial charge in [-0.05, 0) is 61.2 Å². The van der Waals surface area contributed by atoms with Gasteiger partial charge in [-0.25, -0.2) is 12.8 Å². The van der Waals surface area contributed by atoms with Gasteiger partial charge < -0.3 is 4.90 Å². The lowest BCUT2D eigenvalue weighted by Crippen LogP contribution is -2.38. The molecule has 8 heteroatoms. The third-order valence-electron chi connectivity index (χ3n) is 4.65. The second-order valence-corrected chi connectivity index (χ2v) is 8.82. The highest BCUT2D eigenvalue weighted by atomic mass is 35.5. The summed E-state index contributed by atoms with van der Waals surface area (Å²) in [5.74, 6) is -0.171. The van der Waals surface area contributed by atoms with Gasteiger partial charge in [-0.15, -0.1) is 0 Å². The van der Waals surface area contributed by atoms with Crippen molar-refractivity contribution >= 4 is 33.2 Å². The third-order valence-corrected chi connectivity index (χ3v) is 6.35. The summed E-state index contributed by atoms with van der Waals surface area (Å²) in [6.07, 6.45) is 1.82. The predicted octanol–water partition coefficient (Wildman–Crippen LogP) is 4.15. The van der Waals surface area contributed by atoms with Crippen molar-refractivity contribution in [2.75, 3.05) is 17.8 Å². The highest BCUT2D eigenvalue weighted by Crippen LogP contribution is 2.26. The van der Waals surface area contributed by atoms with Crippen LogP contribution in [-0.2, 0) is 10.0 Å². The van der Waals surface area contributed by atoms with Crippen LogP contribution in [0.5, 0.6) is 0 Å². The van der Waals surface area contributed by atoms with Gasteiger partial charge in [0.05, 0.1) is 15.5 Å². The molecule has 0 bridgehead atoms. The number of amides is 1. The van der Waals surface area contributed by atoms with E-state index in [0.717, 1.165) is 25.0 Å². The molecule has 0 aromatic heterocycles. The van der Waals surface area contributed by atoms with Crippen molar-refractivity contribution in [2.24, 2.45) is 5.92 Å². The number of hydrogen-bond acceptors (Lipinski definition) is 3. The first kappa shape index (κ1) is 19.6. The minimum absolute atomic E-state index is 0.0787. The van der Waals surface area contributed by atoms with Crippen LogP contribution >= 0.6 is 11.6 Å². The average Bonchev–Trinajstić information content (AvgIpc) is 2.64. The van der Waals surface area contributed by atoms with Gasteiger partial charge in [0.2, 0.25) is 0 Å². The molecule has 0 atom stereocenters. The van der Waals surface area contributed by atoms with E-state index in [9.17, 15) is 17.6 Å². The average molecular weight is 411 g/mol. The summed E-state index contributed by atoms with van der Waals surface area (Å²) in [5.41, 5.74) is 0.387. The lowest BCUT2D eigenvalue weighted by molar-refractivity contribution is 0.0697. The van der Waals surface area contributed by atoms with E-state index in [1.807, 2.05) is 0 Å². The van der Waals surface area contributed by atoms with Gasteiger partial charge >= 0.3 is 0 Å². The summed E-state index contributed by atoms with van der Waals surface area (Å²) >= 11 is 6.16. The van der Waals surface area contributed by atoms with Crippen LogP contribution in [0.2, 0.25) is 5.02 Å². The van der Waals surface area contributed by atoms with Crippen molar-refractivity contribution in [1.29, 1.82) is 0 Å². The van der Waals surface area contributed by atoms with E-state index in [1.165, 1.54) is 30.3 Å². The molecule has 144 valence electrons. The quantitative estimate of drug-likeness (QED) is 0.823. The number of halogens is 2. The maximum atomic E-state index is 13.0. The Hall–Kier alpha value is -2.12. The van der Waals surface area contributed by atoms with Crippen LogP contribution < -0.4 is 4.72 Å². The molecule has 0 spiro atoms. The summed E-state index contributed by atoms with van der Waals surface area (Å²) in [4.78, 5) is 14.4. The molecule has 0 saturated carbocycles. The number of hydrogen-bond donors (Lipinski definition) is 1. The molecule has 0 aliphatic carbocycles. The second kappa shape index (κ2) is 7.86. The van der Waals surface area contributed by atoms with Gasteiger partial charge in [0.15, 0.2) is 0 Å². The monoisotopic (exact) mass is 410 g/mol. The Morgan fingerprint density at radius 1 is 1.15 bits per heavy atom. The second-order valence-electron chi connectivity index (χ2n) is 6.73. The van der Waals surface area contributed by atoms with Crippen molar-refractivity contribution in [2.45, 2.75) is 24.7 Å². The van der Waals surface area contributed by atoms with E-state index in [0.29, 0.717) is 19.0 Å². The Labute approximate surface area is 163 Å². The number of carbonyl (C=O) groups is 1. The zero-order chi connectivity index (χ0) is 19.6. The highest BCUT2D eigenvalue weighted by molar-refractivity contribution is 7.92. The minimum Gasteiger partial charge on any atom is -0.339 e. The first-order chi connectivity index (χ1) is 12.8. The maximum absolute atomic E-state index is 13.0. The number of anilines is 1. The van der Waals surface area contributed by atoms with E-state index in [-0.39, 0.29) is 27.1 Å². The summed E-state index contributed by atoms with van der Waals surface area (Å²) < 4.78 is 40.6. The molecule has 1 heterocycles. The number of nitrogens with zero attached hydrogens (tertiary/aromatic N) is 1. The fraction of sp³-hybridized carbons (Fsp3) is 0.316. The van der Waals surface area contributed by atoms with Gasteiger partial charge in [0.25, 0.3) is 15.9 Å². The van der Waals surface area contributed by atoms with Crippen molar-refractivity contribution in [3.63, 3.8) is 0 Å². The van der Waals surface area contributed by atoms with E-state index < -0.39 is 15.8 Å². The number of nitrogens with one attached hydrogen (secondary N) is 1. The molecule has 1 aliphatic heterocycles. The van der Waals surface area contributed by atoms with Crippen LogP contribution in [0.3, 0.4) is 0 Å². The highest BCUT2D eigenvalue weighted by Gasteiger charge is 2.25. The normalized spacial score (nSPS) is 15.6. The Morgan fingerprint density at radius 3 is 2.41 bits per heavy atom. The van der Waals surface area contributed by atoms with Crippen LogP contribution in [-0.4, -0.2) is 32.3 Å². The number of carbonyl (C=O) groups excluding carboxylic acids is 1. The Morgan fingerprint density at radius 2 is 1.78 bits per heavy atom. The molecule has 1 fully saturated rings. The fourth-order valence-electron chi connectivity index (χ4n) is 2.95. The van der Waals surface area contributed by atoms with Gasteiger partial charge in [0, 0.05) is 18.8 Å². The van der Waals surface area contributed by atoms with E-state index in [1.54, 1.807) is 4.90 Å². The number of likely N-dealkylation sites (tertiary alicyclic amines) is 1. The molecule has 1 amide bonds. The first-order valence-corrected chi connectivity index (χ1v) is 10.5. The number of sulfonamides is 1. The van der Waals surface area contributed by atoms with Crippen LogP contribution in [0.4, 0.5) is 10.1 Å². The Kier molecular flexibility index (Phi) is 5.72. The maximum Gasteiger partial charge on any atom is 0.261 e. The smallest absolute Gasteiger partial charge is 0.261 e. The number of rotatable bonds is 4. The largest absolute Gasteiger partial charge is 0.339 e. The molecule has 2 aromatic rings. The molecular weight excluding hydrogens is 391 g/mol. The summed E-state index contributed by atoms with van der Waals surface area (Å²) in [6.45, 7) is 3.39. The Bertz CT molecular complexity index is 940. The minimum atomic E-state index is -3.94. The lowest BCUT2D eigenvalue weighted by atomic mass is 9.98. The molecule has 5 nitrogen and oxygen atoms in total. The van der Waals surface area contributed by atoms with Crippen molar-refractivity contribution in [3.05, 3.63) is 58.9 Å². The molecule has 1 N–H and O–H groups in total. The molecule has 0 unspecified atom stereocenters. The summed E-state index contributed by atoms with van der Waals surface area (Å²) in [5, 5.41) is 0.208. The SMILES string of the molecule is CC1CCN(C(=O)c2cc(S(=O)(=O)Nc3ccc(F)cc3)ccc2Cl)CC1. The van der Waals surface area contributed by atoms with Crippen LogP contribution in [0, 0.1) is 11.7 Å². The van der Waals surface area contributed by atoms with Gasteiger partial charge in [0.1, 0.15) is 5.82 Å². The molecule has 2 aromatic carbocycles. The van der Waals surface area contributed by atoms with Crippen LogP contribution in [0.15, 0.2) is 47.4 Å². The molecule has 27 heavy (non-hydrogen) atoms. The zero-order valence-electron chi connectivity index (χ0n) is 14.8. The van der Waals surface area contributed by atoms with E-state index in [4.69, 9.17) is 11.6 Å². The molecule has 1 aliphatic rings. The molecular formula is C19H20ClFN2O3S. The van der Waals surface area contributed by atoms with Gasteiger partial charge in [-0.1, -0.05) is 18.5 Å². The van der Waals surface area contributed by atoms with Crippen molar-refractivity contribution in [3.8, 4) is 0 Å². The standard InChI is InChI=1S/C19H20ClFN2O3S/c1-13-8-10-23(11-9-13)19(24)17-12-16(6-7-18(17)20)27(25,26)22-15-4-2-14(21)3-5-15/h2-7,12-13,22H,8-11H2,1H3. The van der Waals surface area contributed by atoms with E-state index in [2.05, 4.69) is 11.6 Å². The Balaban J connectivity index is 1.85. The van der Waals surface area contributed by atoms with Crippen LogP contribution in [0.25, 0.3) is 0 Å². The van der Waals surface area contributed by atoms with Gasteiger partial charge in [-0.2, -0.15) is 0 Å². The first-order valence-electron chi connectivity index (χ1n) is 8.63. The fourth-order valence-corrected chi connectivity index (χ4v) is 4.23. The number of benzene rings is 2. The summed E-state index contributed by atoms with van der Waals surface area (Å²) in [7, 11) is -3.94. The lowest BCUT2D eigenvalue weighted by Gasteiger charge is -2.30. The zero-order valence-corrected chi connectivity index (χ0v) is 16.4. The molecule has 3 rings (SSSR count).